The number of thiazole rings is 1. The Morgan fingerprint density at radius 3 is 3.04 bits per heavy atom. The van der Waals surface area contributed by atoms with Gasteiger partial charge in [-0.05, 0) is 30.0 Å². The van der Waals surface area contributed by atoms with Gasteiger partial charge in [0.2, 0.25) is 0 Å². The van der Waals surface area contributed by atoms with Crippen molar-refractivity contribution >= 4 is 28.6 Å². The standard InChI is InChI=1S/C16H16N2O3S2/c19-15(13-11-23-16(18-13)14-5-2-9-22-14)17-6-3-7-20-10-12-4-1-8-21-12/h1-2,4-5,8-9,11H,3,6-7,10H2,(H,17,19). The Hall–Kier alpha value is -1.96. The normalized spacial score (nSPS) is 10.8. The number of thiophene rings is 1. The largest absolute Gasteiger partial charge is 0.467 e. The van der Waals surface area contributed by atoms with E-state index in [2.05, 4.69) is 10.3 Å². The van der Waals surface area contributed by atoms with E-state index in [0.717, 1.165) is 22.1 Å². The summed E-state index contributed by atoms with van der Waals surface area (Å²) in [4.78, 5) is 17.5. The van der Waals surface area contributed by atoms with E-state index in [-0.39, 0.29) is 5.91 Å². The van der Waals surface area contributed by atoms with Gasteiger partial charge in [0.1, 0.15) is 23.1 Å². The van der Waals surface area contributed by atoms with Crippen molar-refractivity contribution in [2.75, 3.05) is 13.2 Å². The predicted octanol–water partition coefficient (Wildman–Crippen LogP) is 3.80. The van der Waals surface area contributed by atoms with Gasteiger partial charge in [-0.2, -0.15) is 0 Å². The van der Waals surface area contributed by atoms with Gasteiger partial charge < -0.3 is 14.5 Å². The molecular weight excluding hydrogens is 332 g/mol. The van der Waals surface area contributed by atoms with Gasteiger partial charge in [0, 0.05) is 18.5 Å². The molecule has 0 radical (unpaired) electrons. The molecule has 1 amide bonds. The van der Waals surface area contributed by atoms with Crippen LogP contribution < -0.4 is 5.32 Å². The molecule has 0 aliphatic rings. The molecule has 7 heteroatoms. The molecule has 23 heavy (non-hydrogen) atoms. The number of carbonyl (C=O) groups is 1. The second-order valence-electron chi connectivity index (χ2n) is 4.76. The van der Waals surface area contributed by atoms with E-state index in [0.29, 0.717) is 25.5 Å². The molecule has 5 nitrogen and oxygen atoms in total. The first-order valence-corrected chi connectivity index (χ1v) is 8.96. The summed E-state index contributed by atoms with van der Waals surface area (Å²) in [5, 5.41) is 7.53. The fraction of sp³-hybridized carbons (Fsp3) is 0.250. The highest BCUT2D eigenvalue weighted by molar-refractivity contribution is 7.20. The van der Waals surface area contributed by atoms with Crippen molar-refractivity contribution in [3.63, 3.8) is 0 Å². The van der Waals surface area contributed by atoms with E-state index in [1.165, 1.54) is 11.3 Å². The summed E-state index contributed by atoms with van der Waals surface area (Å²) >= 11 is 3.10. The smallest absolute Gasteiger partial charge is 0.270 e. The first-order valence-electron chi connectivity index (χ1n) is 7.20. The first-order chi connectivity index (χ1) is 11.3. The molecule has 3 aromatic heterocycles. The lowest BCUT2D eigenvalue weighted by Crippen LogP contribution is -2.25. The van der Waals surface area contributed by atoms with Crippen LogP contribution in [0.25, 0.3) is 9.88 Å². The van der Waals surface area contributed by atoms with Gasteiger partial charge in [-0.15, -0.1) is 22.7 Å². The van der Waals surface area contributed by atoms with Crippen LogP contribution in [0.3, 0.4) is 0 Å². The highest BCUT2D eigenvalue weighted by Crippen LogP contribution is 2.27. The summed E-state index contributed by atoms with van der Waals surface area (Å²) in [6.07, 6.45) is 2.37. The second kappa shape index (κ2) is 8.05. The maximum Gasteiger partial charge on any atom is 0.270 e. The van der Waals surface area contributed by atoms with Gasteiger partial charge in [0.25, 0.3) is 5.91 Å². The molecule has 3 heterocycles. The number of rotatable bonds is 8. The van der Waals surface area contributed by atoms with Crippen LogP contribution in [0.4, 0.5) is 0 Å². The summed E-state index contributed by atoms with van der Waals surface area (Å²) in [5.74, 6) is 0.660. The molecule has 0 spiro atoms. The van der Waals surface area contributed by atoms with Crippen molar-refractivity contribution in [3.8, 4) is 9.88 Å². The molecule has 0 aliphatic carbocycles. The van der Waals surface area contributed by atoms with Crippen molar-refractivity contribution in [2.24, 2.45) is 0 Å². The van der Waals surface area contributed by atoms with Crippen LogP contribution in [-0.4, -0.2) is 24.0 Å². The molecule has 120 valence electrons. The van der Waals surface area contributed by atoms with E-state index >= 15 is 0 Å². The minimum Gasteiger partial charge on any atom is -0.467 e. The Kier molecular flexibility index (Phi) is 5.57. The van der Waals surface area contributed by atoms with E-state index in [1.807, 2.05) is 29.6 Å². The number of furan rings is 1. The van der Waals surface area contributed by atoms with Crippen LogP contribution in [0, 0.1) is 0 Å². The van der Waals surface area contributed by atoms with Crippen molar-refractivity contribution in [2.45, 2.75) is 13.0 Å². The van der Waals surface area contributed by atoms with E-state index in [4.69, 9.17) is 9.15 Å². The Bertz CT molecular complexity index is 720. The number of amides is 1. The van der Waals surface area contributed by atoms with Gasteiger partial charge >= 0.3 is 0 Å². The van der Waals surface area contributed by atoms with Crippen molar-refractivity contribution in [1.82, 2.24) is 10.3 Å². The number of hydrogen-bond acceptors (Lipinski definition) is 6. The molecule has 0 aromatic carbocycles. The van der Waals surface area contributed by atoms with Gasteiger partial charge in [0.15, 0.2) is 0 Å². The van der Waals surface area contributed by atoms with Crippen LogP contribution >= 0.6 is 22.7 Å². The fourth-order valence-electron chi connectivity index (χ4n) is 1.93. The van der Waals surface area contributed by atoms with E-state index in [1.54, 1.807) is 23.0 Å². The lowest BCUT2D eigenvalue weighted by atomic mass is 10.4. The highest BCUT2D eigenvalue weighted by Gasteiger charge is 2.11. The van der Waals surface area contributed by atoms with Crippen LogP contribution in [-0.2, 0) is 11.3 Å². The first kappa shape index (κ1) is 15.9. The summed E-state index contributed by atoms with van der Waals surface area (Å²) in [6.45, 7) is 1.58. The van der Waals surface area contributed by atoms with Gasteiger partial charge in [-0.1, -0.05) is 6.07 Å². The monoisotopic (exact) mass is 348 g/mol. The third-order valence-electron chi connectivity index (χ3n) is 3.04. The van der Waals surface area contributed by atoms with E-state index in [9.17, 15) is 4.79 Å². The molecule has 3 rings (SSSR count). The average Bonchev–Trinajstić information content (AvgIpc) is 3.32. The molecule has 0 fully saturated rings. The lowest BCUT2D eigenvalue weighted by molar-refractivity contribution is 0.0913. The second-order valence-corrected chi connectivity index (χ2v) is 6.56. The predicted molar refractivity (Wildman–Crippen MR) is 90.7 cm³/mol. The third-order valence-corrected chi connectivity index (χ3v) is 4.93. The summed E-state index contributed by atoms with van der Waals surface area (Å²) in [5.41, 5.74) is 0.468. The minimum atomic E-state index is -0.143. The number of carbonyl (C=O) groups excluding carboxylic acids is 1. The van der Waals surface area contributed by atoms with Gasteiger partial charge in [-0.25, -0.2) is 4.98 Å². The maximum atomic E-state index is 12.0. The summed E-state index contributed by atoms with van der Waals surface area (Å²) in [6, 6.07) is 7.68. The number of hydrogen-bond donors (Lipinski definition) is 1. The Morgan fingerprint density at radius 2 is 2.26 bits per heavy atom. The highest BCUT2D eigenvalue weighted by atomic mass is 32.1. The topological polar surface area (TPSA) is 64.4 Å². The van der Waals surface area contributed by atoms with Crippen LogP contribution in [0.15, 0.2) is 45.7 Å². The molecule has 0 atom stereocenters. The lowest BCUT2D eigenvalue weighted by Gasteiger charge is -2.04. The van der Waals surface area contributed by atoms with Crippen LogP contribution in [0.5, 0.6) is 0 Å². The Balaban J connectivity index is 1.36. The van der Waals surface area contributed by atoms with Crippen molar-refractivity contribution in [3.05, 3.63) is 52.7 Å². The summed E-state index contributed by atoms with van der Waals surface area (Å²) < 4.78 is 10.6. The zero-order valence-electron chi connectivity index (χ0n) is 12.4. The van der Waals surface area contributed by atoms with Crippen molar-refractivity contribution in [1.29, 1.82) is 0 Å². The van der Waals surface area contributed by atoms with Crippen LogP contribution in [0.2, 0.25) is 0 Å². The molecule has 0 unspecified atom stereocenters. The maximum absolute atomic E-state index is 12.0. The Morgan fingerprint density at radius 1 is 1.30 bits per heavy atom. The molecule has 0 aliphatic heterocycles. The Labute approximate surface area is 141 Å². The molecule has 1 N–H and O–H groups in total. The molecule has 0 bridgehead atoms. The zero-order valence-corrected chi connectivity index (χ0v) is 14.0. The summed E-state index contributed by atoms with van der Waals surface area (Å²) in [7, 11) is 0. The number of nitrogens with one attached hydrogen (secondary N) is 1. The SMILES string of the molecule is O=C(NCCCOCc1ccco1)c1csc(-c2cccs2)n1. The van der Waals surface area contributed by atoms with Gasteiger partial charge in [0.05, 0.1) is 11.1 Å². The number of nitrogens with zero attached hydrogens (tertiary/aromatic N) is 1. The molecular formula is C16H16N2O3S2. The zero-order chi connectivity index (χ0) is 15.9. The van der Waals surface area contributed by atoms with Crippen LogP contribution in [0.1, 0.15) is 22.7 Å². The average molecular weight is 348 g/mol. The number of aromatic nitrogens is 1. The molecule has 0 saturated heterocycles. The number of ether oxygens (including phenoxy) is 1. The minimum absolute atomic E-state index is 0.143. The molecule has 0 saturated carbocycles. The van der Waals surface area contributed by atoms with Crippen molar-refractivity contribution < 1.29 is 13.9 Å². The quantitative estimate of drug-likeness (QED) is 0.629. The fourth-order valence-corrected chi connectivity index (χ4v) is 3.54. The van der Waals surface area contributed by atoms with E-state index < -0.39 is 0 Å². The molecule has 3 aromatic rings. The van der Waals surface area contributed by atoms with Gasteiger partial charge in [-0.3, -0.25) is 4.79 Å². The third kappa shape index (κ3) is 4.51.